The van der Waals surface area contributed by atoms with Crippen molar-refractivity contribution < 1.29 is 74.0 Å². The van der Waals surface area contributed by atoms with Crippen LogP contribution in [0.3, 0.4) is 0 Å². The number of hydrogen-bond donors (Lipinski definition) is 0. The van der Waals surface area contributed by atoms with Crippen LogP contribution in [0.5, 0.6) is 0 Å². The fourth-order valence-electron chi connectivity index (χ4n) is 0. The average molecular weight is 206 g/mol. The van der Waals surface area contributed by atoms with Crippen LogP contribution in [0.25, 0.3) is 0 Å². The molecule has 0 aliphatic carbocycles. The van der Waals surface area contributed by atoms with Crippen molar-refractivity contribution in [3.8, 4) is 0 Å². The second-order valence-corrected chi connectivity index (χ2v) is 1.56. The Morgan fingerprint density at radius 2 is 1.67 bits per heavy atom. The summed E-state index contributed by atoms with van der Waals surface area (Å²) in [7, 11) is 0. The predicted octanol–water partition coefficient (Wildman–Crippen LogP) is -2.99. The molecule has 0 aliphatic heterocycles. The van der Waals surface area contributed by atoms with Crippen LogP contribution >= 0.6 is 0 Å². The Kier molecular flexibility index (Phi) is 12.7. The molecule has 0 saturated heterocycles. The molecule has 0 radical (unpaired) electrons. The topological polar surface area (TPSA) is 23.1 Å². The summed E-state index contributed by atoms with van der Waals surface area (Å²) in [6.45, 7) is 3.88. The molecule has 0 rings (SSSR count). The summed E-state index contributed by atoms with van der Waals surface area (Å²) >= 11 is 0. The Morgan fingerprint density at radius 3 is 1.67 bits per heavy atom. The van der Waals surface area contributed by atoms with E-state index in [1.165, 1.54) is 0 Å². The van der Waals surface area contributed by atoms with Crippen LogP contribution in [0.4, 0.5) is 0 Å². The molecule has 32 valence electrons. The molecule has 0 aromatic heterocycles. The van der Waals surface area contributed by atoms with Gasteiger partial charge < -0.3 is 5.11 Å². The summed E-state index contributed by atoms with van der Waals surface area (Å²) < 4.78 is 0. The molecule has 0 amide bonds. The summed E-state index contributed by atoms with van der Waals surface area (Å²) in [6.07, 6.45) is 0. The minimum Gasteiger partial charge on any atom is -0.854 e. The molecule has 0 fully saturated rings. The summed E-state index contributed by atoms with van der Waals surface area (Å²) in [4.78, 5) is 0. The Bertz CT molecular complexity index is 21.5. The van der Waals surface area contributed by atoms with E-state index >= 15 is 0 Å². The van der Waals surface area contributed by atoms with Gasteiger partial charge in [-0.1, -0.05) is 19.8 Å². The van der Waals surface area contributed by atoms with Gasteiger partial charge in [-0.2, -0.15) is 0 Å². The van der Waals surface area contributed by atoms with Gasteiger partial charge >= 0.3 is 68.9 Å². The van der Waals surface area contributed by atoms with Crippen LogP contribution in [0.2, 0.25) is 0 Å². The fourth-order valence-corrected chi connectivity index (χ4v) is 0. The minimum absolute atomic E-state index is 0. The van der Waals surface area contributed by atoms with Gasteiger partial charge in [-0.3, -0.25) is 0 Å². The van der Waals surface area contributed by atoms with E-state index in [1.807, 2.05) is 13.8 Å². The second-order valence-electron chi connectivity index (χ2n) is 1.56. The van der Waals surface area contributed by atoms with Crippen molar-refractivity contribution >= 4 is 0 Å². The van der Waals surface area contributed by atoms with Gasteiger partial charge in [0.1, 0.15) is 0 Å². The first-order valence-electron chi connectivity index (χ1n) is 1.85. The van der Waals surface area contributed by atoms with Crippen molar-refractivity contribution in [2.75, 3.05) is 6.61 Å². The van der Waals surface area contributed by atoms with E-state index in [0.717, 1.165) is 0 Å². The first-order valence-corrected chi connectivity index (χ1v) is 1.85. The van der Waals surface area contributed by atoms with Crippen molar-refractivity contribution in [1.29, 1.82) is 0 Å². The Labute approximate surface area is 97.9 Å². The van der Waals surface area contributed by atoms with E-state index in [9.17, 15) is 5.11 Å². The third-order valence-electron chi connectivity index (χ3n) is 0.333. The maximum absolute atomic E-state index is 9.63. The third-order valence-corrected chi connectivity index (χ3v) is 0.333. The third kappa shape index (κ3) is 9.38. The zero-order valence-corrected chi connectivity index (χ0v) is 11.0. The van der Waals surface area contributed by atoms with Crippen molar-refractivity contribution in [3.05, 3.63) is 0 Å². The molecule has 6 heavy (non-hydrogen) atoms. The molecule has 1 nitrogen and oxygen atoms in total. The largest absolute Gasteiger partial charge is 1.00 e. The monoisotopic (exact) mass is 206 g/mol. The van der Waals surface area contributed by atoms with Crippen molar-refractivity contribution in [3.63, 3.8) is 0 Å². The Morgan fingerprint density at radius 1 is 1.50 bits per heavy atom. The molecule has 0 bridgehead atoms. The molecular weight excluding hydrogens is 197 g/mol. The summed E-state index contributed by atoms with van der Waals surface area (Å²) in [6, 6.07) is 0. The maximum Gasteiger partial charge on any atom is 1.00 e. The van der Waals surface area contributed by atoms with Crippen LogP contribution in [0.1, 0.15) is 13.8 Å². The molecule has 0 aliphatic rings. The van der Waals surface area contributed by atoms with Gasteiger partial charge in [0.2, 0.25) is 0 Å². The van der Waals surface area contributed by atoms with Gasteiger partial charge in [0.05, 0.1) is 0 Å². The Balaban J connectivity index is 0. The van der Waals surface area contributed by atoms with Crippen LogP contribution in [-0.4, -0.2) is 6.61 Å². The standard InChI is InChI=1S/C4H9O.Cs/c1-4(2)3-5;/h4H,3H2,1-2H3;/q-1;+1. The maximum atomic E-state index is 9.63. The zero-order valence-electron chi connectivity index (χ0n) is 4.69. The van der Waals surface area contributed by atoms with Crippen LogP contribution < -0.4 is 74.0 Å². The fraction of sp³-hybridized carbons (Fsp3) is 1.00. The quantitative estimate of drug-likeness (QED) is 0.448. The van der Waals surface area contributed by atoms with Crippen molar-refractivity contribution in [2.24, 2.45) is 5.92 Å². The van der Waals surface area contributed by atoms with E-state index < -0.39 is 0 Å². The van der Waals surface area contributed by atoms with Gasteiger partial charge in [0, 0.05) is 0 Å². The average Bonchev–Trinajstić information content (AvgIpc) is 1.38. The van der Waals surface area contributed by atoms with Crippen molar-refractivity contribution in [1.82, 2.24) is 0 Å². The smallest absolute Gasteiger partial charge is 0.854 e. The zero-order chi connectivity index (χ0) is 4.28. The van der Waals surface area contributed by atoms with Crippen molar-refractivity contribution in [2.45, 2.75) is 13.8 Å². The van der Waals surface area contributed by atoms with Gasteiger partial charge in [-0.25, -0.2) is 0 Å². The van der Waals surface area contributed by atoms with Gasteiger partial charge in [-0.15, -0.1) is 6.61 Å². The molecule has 2 heteroatoms. The van der Waals surface area contributed by atoms with Gasteiger partial charge in [0.25, 0.3) is 0 Å². The molecule has 0 unspecified atom stereocenters. The van der Waals surface area contributed by atoms with E-state index in [-0.39, 0.29) is 75.5 Å². The SMILES string of the molecule is CC(C)C[O-].[Cs+]. The summed E-state index contributed by atoms with van der Waals surface area (Å²) in [5, 5.41) is 9.63. The molecular formula is C4H9CsO. The number of rotatable bonds is 1. The summed E-state index contributed by atoms with van der Waals surface area (Å²) in [5.41, 5.74) is 0. The summed E-state index contributed by atoms with van der Waals surface area (Å²) in [5.74, 6) is 0.329. The Hall–Kier alpha value is 2.01. The van der Waals surface area contributed by atoms with E-state index in [4.69, 9.17) is 0 Å². The van der Waals surface area contributed by atoms with Crippen LogP contribution in [0, 0.1) is 5.92 Å². The normalized spacial score (nSPS) is 8.00. The van der Waals surface area contributed by atoms with Crippen LogP contribution in [0.15, 0.2) is 0 Å². The van der Waals surface area contributed by atoms with E-state index in [0.29, 0.717) is 5.92 Å². The molecule has 0 aromatic carbocycles. The first-order chi connectivity index (χ1) is 2.27. The van der Waals surface area contributed by atoms with Crippen LogP contribution in [-0.2, 0) is 0 Å². The minimum atomic E-state index is 0. The molecule has 0 N–H and O–H groups in total. The molecule has 0 spiro atoms. The van der Waals surface area contributed by atoms with E-state index in [1.54, 1.807) is 0 Å². The first kappa shape index (κ1) is 10.9. The molecule has 0 saturated carbocycles. The number of hydrogen-bond acceptors (Lipinski definition) is 1. The van der Waals surface area contributed by atoms with Gasteiger partial charge in [0.15, 0.2) is 0 Å². The van der Waals surface area contributed by atoms with Gasteiger partial charge in [-0.05, 0) is 0 Å². The molecule has 0 heterocycles. The van der Waals surface area contributed by atoms with E-state index in [2.05, 4.69) is 0 Å². The second kappa shape index (κ2) is 7.01. The predicted molar refractivity (Wildman–Crippen MR) is 19.7 cm³/mol. The molecule has 0 aromatic rings. The molecule has 0 atom stereocenters.